The minimum absolute atomic E-state index is 0.323. The van der Waals surface area contributed by atoms with Crippen molar-refractivity contribution in [2.75, 3.05) is 34.0 Å². The first kappa shape index (κ1) is 22.5. The Morgan fingerprint density at radius 2 is 1.50 bits per heavy atom. The summed E-state index contributed by atoms with van der Waals surface area (Å²) in [5, 5.41) is 8.48. The van der Waals surface area contributed by atoms with Gasteiger partial charge in [-0.2, -0.15) is 0 Å². The molecule has 0 rings (SSSR count). The molecular weight excluding hydrogens is 236 g/mol. The summed E-state index contributed by atoms with van der Waals surface area (Å²) in [7, 11) is 3.25. The predicted molar refractivity (Wildman–Crippen MR) is 72.6 cm³/mol. The maximum Gasteiger partial charge on any atom is 0.334 e. The van der Waals surface area contributed by atoms with E-state index in [2.05, 4.69) is 23.3 Å². The molecule has 0 aromatic carbocycles. The van der Waals surface area contributed by atoms with Crippen LogP contribution in [0.2, 0.25) is 0 Å². The average molecular weight is 266 g/mol. The quantitative estimate of drug-likeness (QED) is 0.588. The van der Waals surface area contributed by atoms with Gasteiger partial charge in [0.05, 0.1) is 6.61 Å². The van der Waals surface area contributed by atoms with Crippen LogP contribution in [0.3, 0.4) is 0 Å². The minimum atomic E-state index is -0.991. The average Bonchev–Trinajstić information content (AvgIpc) is 2.32. The van der Waals surface area contributed by atoms with Gasteiger partial charge in [0.1, 0.15) is 6.10 Å². The van der Waals surface area contributed by atoms with E-state index in [1.54, 1.807) is 21.1 Å². The highest BCUT2D eigenvalue weighted by Crippen LogP contribution is 1.84. The van der Waals surface area contributed by atoms with Crippen molar-refractivity contribution in [2.45, 2.75) is 46.6 Å². The van der Waals surface area contributed by atoms with Gasteiger partial charge in [-0.05, 0) is 26.7 Å². The van der Waals surface area contributed by atoms with E-state index in [1.165, 1.54) is 6.92 Å². The SMILES string of the molecule is CCCOCCC.CCOC(=O)C(C)O.COC. The molecule has 0 saturated heterocycles. The summed E-state index contributed by atoms with van der Waals surface area (Å²) in [6.45, 7) is 9.48. The molecule has 0 heterocycles. The minimum Gasteiger partial charge on any atom is -0.464 e. The van der Waals surface area contributed by atoms with Crippen LogP contribution in [0.1, 0.15) is 40.5 Å². The number of hydrogen-bond donors (Lipinski definition) is 1. The molecule has 18 heavy (non-hydrogen) atoms. The predicted octanol–water partition coefficient (Wildman–Crippen LogP) is 2.02. The molecule has 0 aliphatic heterocycles. The van der Waals surface area contributed by atoms with E-state index in [9.17, 15) is 4.79 Å². The molecule has 0 aromatic rings. The van der Waals surface area contributed by atoms with Crippen LogP contribution in [0.15, 0.2) is 0 Å². The highest BCUT2D eigenvalue weighted by atomic mass is 16.5. The molecule has 0 aliphatic carbocycles. The number of aliphatic hydroxyl groups excluding tert-OH is 1. The Kier molecular flexibility index (Phi) is 27.0. The van der Waals surface area contributed by atoms with Gasteiger partial charge in [0.2, 0.25) is 0 Å². The number of esters is 1. The second-order valence-corrected chi connectivity index (χ2v) is 3.45. The second-order valence-electron chi connectivity index (χ2n) is 3.45. The van der Waals surface area contributed by atoms with E-state index in [0.717, 1.165) is 26.1 Å². The molecule has 112 valence electrons. The Balaban J connectivity index is -0.000000207. The monoisotopic (exact) mass is 266 g/mol. The number of hydrogen-bond acceptors (Lipinski definition) is 5. The summed E-state index contributed by atoms with van der Waals surface area (Å²) < 4.78 is 13.8. The van der Waals surface area contributed by atoms with Gasteiger partial charge in [-0.25, -0.2) is 4.79 Å². The third kappa shape index (κ3) is 29.5. The van der Waals surface area contributed by atoms with Gasteiger partial charge in [0.25, 0.3) is 0 Å². The number of carbonyl (C=O) groups is 1. The highest BCUT2D eigenvalue weighted by Gasteiger charge is 2.07. The molecule has 5 heteroatoms. The molecule has 0 amide bonds. The molecule has 1 atom stereocenters. The maximum atomic E-state index is 10.3. The van der Waals surface area contributed by atoms with Crippen molar-refractivity contribution < 1.29 is 24.1 Å². The summed E-state index contributed by atoms with van der Waals surface area (Å²) in [5.41, 5.74) is 0. The van der Waals surface area contributed by atoms with Crippen LogP contribution < -0.4 is 0 Å². The van der Waals surface area contributed by atoms with Gasteiger partial charge in [-0.15, -0.1) is 0 Å². The lowest BCUT2D eigenvalue weighted by atomic mass is 10.4. The summed E-state index contributed by atoms with van der Waals surface area (Å²) >= 11 is 0. The van der Waals surface area contributed by atoms with E-state index in [4.69, 9.17) is 9.84 Å². The first-order valence-corrected chi connectivity index (χ1v) is 6.34. The van der Waals surface area contributed by atoms with E-state index in [-0.39, 0.29) is 0 Å². The second kappa shape index (κ2) is 21.6. The molecule has 5 nitrogen and oxygen atoms in total. The van der Waals surface area contributed by atoms with Crippen LogP contribution in [0.5, 0.6) is 0 Å². The molecule has 1 N–H and O–H groups in total. The maximum absolute atomic E-state index is 10.3. The summed E-state index contributed by atoms with van der Waals surface area (Å²) in [6, 6.07) is 0. The van der Waals surface area contributed by atoms with Crippen LogP contribution in [-0.2, 0) is 19.0 Å². The first-order chi connectivity index (χ1) is 8.51. The van der Waals surface area contributed by atoms with E-state index >= 15 is 0 Å². The molecule has 0 bridgehead atoms. The molecule has 1 unspecified atom stereocenters. The lowest BCUT2D eigenvalue weighted by Gasteiger charge is -2.01. The van der Waals surface area contributed by atoms with Crippen molar-refractivity contribution in [1.29, 1.82) is 0 Å². The standard InChI is InChI=1S/C6H14O.C5H10O3.C2H6O/c1-3-5-7-6-4-2;1-3-8-5(7)4(2)6;1-3-2/h3-6H2,1-2H3;4,6H,3H2,1-2H3;1-2H3. The van der Waals surface area contributed by atoms with Crippen molar-refractivity contribution in [2.24, 2.45) is 0 Å². The smallest absolute Gasteiger partial charge is 0.334 e. The fourth-order valence-electron chi connectivity index (χ4n) is 0.654. The third-order valence-electron chi connectivity index (χ3n) is 1.32. The van der Waals surface area contributed by atoms with Crippen LogP contribution in [0.25, 0.3) is 0 Å². The Hall–Kier alpha value is -0.650. The van der Waals surface area contributed by atoms with Crippen LogP contribution in [-0.4, -0.2) is 51.2 Å². The Labute approximate surface area is 111 Å². The van der Waals surface area contributed by atoms with E-state index < -0.39 is 12.1 Å². The molecule has 0 saturated carbocycles. The third-order valence-corrected chi connectivity index (χ3v) is 1.32. The van der Waals surface area contributed by atoms with Crippen LogP contribution in [0, 0.1) is 0 Å². The summed E-state index contributed by atoms with van der Waals surface area (Å²) in [4.78, 5) is 10.3. The van der Waals surface area contributed by atoms with Gasteiger partial charge in [-0.3, -0.25) is 0 Å². The fourth-order valence-corrected chi connectivity index (χ4v) is 0.654. The van der Waals surface area contributed by atoms with E-state index in [0.29, 0.717) is 6.61 Å². The zero-order chi connectivity index (χ0) is 14.8. The van der Waals surface area contributed by atoms with Gasteiger partial charge in [-0.1, -0.05) is 13.8 Å². The Morgan fingerprint density at radius 3 is 1.67 bits per heavy atom. The zero-order valence-electron chi connectivity index (χ0n) is 12.7. The summed E-state index contributed by atoms with van der Waals surface area (Å²) in [6.07, 6.45) is 1.29. The molecule has 0 aliphatic rings. The van der Waals surface area contributed by atoms with Gasteiger partial charge in [0, 0.05) is 27.4 Å². The Bertz CT molecular complexity index is 144. The number of methoxy groups -OCH3 is 1. The number of carbonyl (C=O) groups excluding carboxylic acids is 1. The largest absolute Gasteiger partial charge is 0.464 e. The van der Waals surface area contributed by atoms with Crippen molar-refractivity contribution in [1.82, 2.24) is 0 Å². The lowest BCUT2D eigenvalue weighted by molar-refractivity contribution is -0.151. The zero-order valence-corrected chi connectivity index (χ0v) is 12.7. The number of rotatable bonds is 6. The lowest BCUT2D eigenvalue weighted by Crippen LogP contribution is -2.18. The highest BCUT2D eigenvalue weighted by molar-refractivity contribution is 5.73. The number of ether oxygens (including phenoxy) is 3. The van der Waals surface area contributed by atoms with Crippen molar-refractivity contribution in [3.63, 3.8) is 0 Å². The number of aliphatic hydroxyl groups is 1. The summed E-state index contributed by atoms with van der Waals surface area (Å²) in [5.74, 6) is -0.562. The van der Waals surface area contributed by atoms with Gasteiger partial charge in [0.15, 0.2) is 0 Å². The molecular formula is C13H30O5. The van der Waals surface area contributed by atoms with Crippen molar-refractivity contribution in [3.8, 4) is 0 Å². The van der Waals surface area contributed by atoms with Gasteiger partial charge >= 0.3 is 5.97 Å². The van der Waals surface area contributed by atoms with Crippen molar-refractivity contribution >= 4 is 5.97 Å². The first-order valence-electron chi connectivity index (χ1n) is 6.34. The molecule has 0 aromatic heterocycles. The van der Waals surface area contributed by atoms with Crippen LogP contribution in [0.4, 0.5) is 0 Å². The fraction of sp³-hybridized carbons (Fsp3) is 0.923. The van der Waals surface area contributed by atoms with E-state index in [1.807, 2.05) is 0 Å². The molecule has 0 radical (unpaired) electrons. The molecule has 0 fully saturated rings. The topological polar surface area (TPSA) is 65.0 Å². The van der Waals surface area contributed by atoms with Gasteiger partial charge < -0.3 is 19.3 Å². The van der Waals surface area contributed by atoms with Crippen molar-refractivity contribution in [3.05, 3.63) is 0 Å². The Morgan fingerprint density at radius 1 is 1.11 bits per heavy atom. The van der Waals surface area contributed by atoms with Crippen LogP contribution >= 0.6 is 0 Å². The normalized spacial score (nSPS) is 10.4. The molecule has 0 spiro atoms.